The number of hydrogen-bond acceptors (Lipinski definition) is 5. The van der Waals surface area contributed by atoms with E-state index in [4.69, 9.17) is 9.47 Å². The van der Waals surface area contributed by atoms with Crippen LogP contribution in [0.3, 0.4) is 0 Å². The van der Waals surface area contributed by atoms with Crippen LogP contribution in [0.1, 0.15) is 34.6 Å². The van der Waals surface area contributed by atoms with E-state index in [1.807, 2.05) is 20.8 Å². The standard InChI is InChI=1S/C15H18NO5.C3H6.C2H6.2CH3.3Y/c1-6-12(7-2)10-19-14(17)16-21-15(18)20-13(8-3)9-11(4)5;1-3-2;1-2;;;;;/h6-8H,1,3-4,10H2,2,5H3,(H,16,17);3H,1H2,2H3;1-2H3;2*1H3;;;/q-1;;;2*-1;;;/b12-7+;;;;;;;. The molecule has 0 aromatic carbocycles. The third-order valence-electron chi connectivity index (χ3n) is 1.94. The van der Waals surface area contributed by atoms with E-state index in [9.17, 15) is 9.59 Å². The molecule has 0 aliphatic rings. The van der Waals surface area contributed by atoms with Crippen LogP contribution in [0.25, 0.3) is 0 Å². The van der Waals surface area contributed by atoms with Crippen LogP contribution in [0.5, 0.6) is 0 Å². The molecule has 1 N–H and O–H groups in total. The summed E-state index contributed by atoms with van der Waals surface area (Å²) in [5.74, 6) is 0.0190. The van der Waals surface area contributed by atoms with E-state index < -0.39 is 12.2 Å². The van der Waals surface area contributed by atoms with Gasteiger partial charge < -0.3 is 29.2 Å². The molecule has 9 heteroatoms. The maximum Gasteiger partial charge on any atom is 0.536 e. The zero-order valence-corrected chi connectivity index (χ0v) is 28.6. The van der Waals surface area contributed by atoms with Crippen molar-refractivity contribution >= 4 is 12.2 Å². The predicted octanol–water partition coefficient (Wildman–Crippen LogP) is 6.47. The summed E-state index contributed by atoms with van der Waals surface area (Å²) in [6, 6.07) is 0. The minimum absolute atomic E-state index is 0. The molecular formula is C22H36NO5Y3-3. The number of carbonyl (C=O) groups excluding carboxylic acids is 2. The first-order valence-electron chi connectivity index (χ1n) is 7.92. The summed E-state index contributed by atoms with van der Waals surface area (Å²) in [5, 5.41) is 0. The summed E-state index contributed by atoms with van der Waals surface area (Å²) in [6.45, 7) is 23.2. The van der Waals surface area contributed by atoms with Gasteiger partial charge >= 0.3 is 12.2 Å². The summed E-state index contributed by atoms with van der Waals surface area (Å²) in [5.41, 5.74) is 3.02. The average molecular weight is 661 g/mol. The van der Waals surface area contributed by atoms with Gasteiger partial charge in [0.05, 0.1) is 0 Å². The zero-order valence-electron chi connectivity index (χ0n) is 20.1. The number of rotatable bonds is 6. The molecule has 171 valence electrons. The molecule has 0 fully saturated rings. The first-order valence-corrected chi connectivity index (χ1v) is 7.92. The van der Waals surface area contributed by atoms with E-state index in [2.05, 4.69) is 37.2 Å². The van der Waals surface area contributed by atoms with E-state index in [1.165, 1.54) is 12.2 Å². The fourth-order valence-electron chi connectivity index (χ4n) is 0.961. The van der Waals surface area contributed by atoms with Crippen molar-refractivity contribution in [2.45, 2.75) is 34.6 Å². The predicted molar refractivity (Wildman–Crippen MR) is 118 cm³/mol. The fourth-order valence-corrected chi connectivity index (χ4v) is 0.961. The Balaban J connectivity index is -0.0000000807. The average Bonchev–Trinajstić information content (AvgIpc) is 2.62. The maximum atomic E-state index is 11.3. The van der Waals surface area contributed by atoms with E-state index in [0.717, 1.165) is 0 Å². The Labute approximate surface area is 266 Å². The van der Waals surface area contributed by atoms with Crippen molar-refractivity contribution in [3.05, 3.63) is 88.5 Å². The molecule has 1 amide bonds. The Morgan fingerprint density at radius 1 is 1.00 bits per heavy atom. The molecule has 0 saturated heterocycles. The molecule has 31 heavy (non-hydrogen) atoms. The Morgan fingerprint density at radius 3 is 1.77 bits per heavy atom. The zero-order chi connectivity index (χ0) is 21.0. The van der Waals surface area contributed by atoms with Crippen molar-refractivity contribution in [1.29, 1.82) is 0 Å². The summed E-state index contributed by atoms with van der Waals surface area (Å²) in [4.78, 5) is 26.8. The Morgan fingerprint density at radius 2 is 1.45 bits per heavy atom. The van der Waals surface area contributed by atoms with Crippen LogP contribution in [0.15, 0.2) is 67.5 Å². The second-order valence-corrected chi connectivity index (χ2v) is 4.08. The summed E-state index contributed by atoms with van der Waals surface area (Å²) in [6.07, 6.45) is 6.78. The number of hydrogen-bond donors (Lipinski definition) is 1. The van der Waals surface area contributed by atoms with Crippen molar-refractivity contribution < 1.29 is 122 Å². The van der Waals surface area contributed by atoms with Gasteiger partial charge in [-0.2, -0.15) is 18.7 Å². The van der Waals surface area contributed by atoms with Gasteiger partial charge in [-0.25, -0.2) is 9.59 Å². The molecule has 0 heterocycles. The van der Waals surface area contributed by atoms with Gasteiger partial charge in [0.25, 0.3) is 0 Å². The molecule has 0 unspecified atom stereocenters. The van der Waals surface area contributed by atoms with Crippen LogP contribution in [-0.4, -0.2) is 18.9 Å². The van der Waals surface area contributed by atoms with Gasteiger partial charge in [0, 0.05) is 104 Å². The SMILES string of the molecule is C=CC.C=CC(=[C-]C(=C)C)OC(=O)ONC(=O)OC/C(C=C)=C/C.CC.[CH3-].[CH3-].[Y].[Y].[Y]. The maximum absolute atomic E-state index is 11.3. The van der Waals surface area contributed by atoms with Gasteiger partial charge in [-0.3, -0.25) is 0 Å². The number of amides is 1. The molecule has 0 spiro atoms. The van der Waals surface area contributed by atoms with Gasteiger partial charge in [0.1, 0.15) is 6.61 Å². The van der Waals surface area contributed by atoms with Crippen LogP contribution in [0.2, 0.25) is 0 Å². The van der Waals surface area contributed by atoms with Crippen molar-refractivity contribution in [1.82, 2.24) is 5.48 Å². The normalized spacial score (nSPS) is 8.16. The second kappa shape index (κ2) is 40.6. The number of carbonyl (C=O) groups is 2. The van der Waals surface area contributed by atoms with E-state index >= 15 is 0 Å². The number of nitrogens with one attached hydrogen (secondary N) is 1. The van der Waals surface area contributed by atoms with Crippen LogP contribution >= 0.6 is 0 Å². The van der Waals surface area contributed by atoms with Crippen molar-refractivity contribution in [2.75, 3.05) is 6.61 Å². The third-order valence-corrected chi connectivity index (χ3v) is 1.94. The molecule has 0 aromatic rings. The minimum atomic E-state index is -1.16. The molecule has 0 aliphatic heterocycles. The van der Waals surface area contributed by atoms with Crippen LogP contribution in [0.4, 0.5) is 9.59 Å². The van der Waals surface area contributed by atoms with E-state index in [-0.39, 0.29) is 125 Å². The summed E-state index contributed by atoms with van der Waals surface area (Å²) < 4.78 is 9.45. The first-order chi connectivity index (χ1) is 12.3. The van der Waals surface area contributed by atoms with Crippen molar-refractivity contribution in [3.8, 4) is 0 Å². The number of ether oxygens (including phenoxy) is 2. The van der Waals surface area contributed by atoms with Gasteiger partial charge in [0.2, 0.25) is 0 Å². The van der Waals surface area contributed by atoms with Crippen molar-refractivity contribution in [2.24, 2.45) is 0 Å². The summed E-state index contributed by atoms with van der Waals surface area (Å²) in [7, 11) is 0. The molecule has 0 saturated carbocycles. The van der Waals surface area contributed by atoms with Crippen LogP contribution in [-0.2, 0) is 112 Å². The topological polar surface area (TPSA) is 73.9 Å². The molecule has 3 radical (unpaired) electrons. The molecule has 6 nitrogen and oxygen atoms in total. The third kappa shape index (κ3) is 41.1. The first kappa shape index (κ1) is 52.9. The molecular weight excluding hydrogens is 625 g/mol. The van der Waals surface area contributed by atoms with Crippen LogP contribution in [0, 0.1) is 20.9 Å². The van der Waals surface area contributed by atoms with Gasteiger partial charge in [-0.15, -0.1) is 24.2 Å². The minimum Gasteiger partial charge on any atom is -0.443 e. The largest absolute Gasteiger partial charge is 0.536 e. The van der Waals surface area contributed by atoms with Crippen LogP contribution < -0.4 is 5.48 Å². The van der Waals surface area contributed by atoms with Gasteiger partial charge in [-0.05, 0) is 19.4 Å². The summed E-state index contributed by atoms with van der Waals surface area (Å²) >= 11 is 0. The molecule has 0 rings (SSSR count). The smallest absolute Gasteiger partial charge is 0.443 e. The molecule has 0 aliphatic carbocycles. The second-order valence-electron chi connectivity index (χ2n) is 4.08. The molecule has 0 atom stereocenters. The molecule has 0 bridgehead atoms. The van der Waals surface area contributed by atoms with E-state index in [1.54, 1.807) is 31.5 Å². The van der Waals surface area contributed by atoms with Gasteiger partial charge in [-0.1, -0.05) is 45.6 Å². The van der Waals surface area contributed by atoms with E-state index in [0.29, 0.717) is 11.1 Å². The molecule has 0 aromatic heterocycles. The quantitative estimate of drug-likeness (QED) is 0.0883. The Kier molecular flexibility index (Phi) is 69.4. The Hall–Kier alpha value is 0.292. The number of allylic oxidation sites excluding steroid dienone is 5. The van der Waals surface area contributed by atoms with Gasteiger partial charge in [0.15, 0.2) is 0 Å². The fraction of sp³-hybridized carbons (Fsp3) is 0.273. The van der Waals surface area contributed by atoms with Crippen molar-refractivity contribution in [3.63, 3.8) is 0 Å². The number of hydroxylamine groups is 1. The monoisotopic (exact) mass is 661 g/mol. The Bertz CT molecular complexity index is 545.